The molecule has 0 saturated carbocycles. The smallest absolute Gasteiger partial charge is 0.358 e. The summed E-state index contributed by atoms with van der Waals surface area (Å²) in [6.45, 7) is 4.26. The number of esters is 1. The number of aromatic nitrogens is 2. The number of benzene rings is 1. The predicted molar refractivity (Wildman–Crippen MR) is 75.4 cm³/mol. The van der Waals surface area contributed by atoms with Crippen molar-refractivity contribution >= 4 is 11.9 Å². The third-order valence-electron chi connectivity index (χ3n) is 2.97. The SMILES string of the molecule is CCOC(=O)c1cc(C)n(Cc2cccc(C(=O)O)c2)n1. The molecule has 0 amide bonds. The molecular weight excluding hydrogens is 272 g/mol. The minimum atomic E-state index is -0.971. The lowest BCUT2D eigenvalue weighted by Crippen LogP contribution is -2.09. The number of carboxylic acids is 1. The average molecular weight is 288 g/mol. The highest BCUT2D eigenvalue weighted by Gasteiger charge is 2.13. The summed E-state index contributed by atoms with van der Waals surface area (Å²) in [5.74, 6) is -1.43. The molecule has 0 spiro atoms. The van der Waals surface area contributed by atoms with E-state index in [1.807, 2.05) is 13.0 Å². The van der Waals surface area contributed by atoms with Crippen LogP contribution in [0.1, 0.15) is 39.0 Å². The Morgan fingerprint density at radius 1 is 1.33 bits per heavy atom. The third kappa shape index (κ3) is 3.47. The topological polar surface area (TPSA) is 81.4 Å². The molecule has 110 valence electrons. The van der Waals surface area contributed by atoms with E-state index in [0.717, 1.165) is 11.3 Å². The normalized spacial score (nSPS) is 10.4. The zero-order valence-corrected chi connectivity index (χ0v) is 11.9. The van der Waals surface area contributed by atoms with Crippen molar-refractivity contribution in [3.63, 3.8) is 0 Å². The quantitative estimate of drug-likeness (QED) is 0.852. The van der Waals surface area contributed by atoms with E-state index in [0.29, 0.717) is 13.2 Å². The fourth-order valence-corrected chi connectivity index (χ4v) is 1.95. The summed E-state index contributed by atoms with van der Waals surface area (Å²) in [7, 11) is 0. The van der Waals surface area contributed by atoms with Crippen LogP contribution in [-0.4, -0.2) is 33.4 Å². The maximum absolute atomic E-state index is 11.6. The summed E-state index contributed by atoms with van der Waals surface area (Å²) in [6, 6.07) is 8.28. The van der Waals surface area contributed by atoms with Gasteiger partial charge in [0.2, 0.25) is 0 Å². The Morgan fingerprint density at radius 2 is 2.10 bits per heavy atom. The third-order valence-corrected chi connectivity index (χ3v) is 2.97. The molecule has 0 atom stereocenters. The molecule has 0 radical (unpaired) electrons. The number of carbonyl (C=O) groups excluding carboxylic acids is 1. The van der Waals surface area contributed by atoms with Gasteiger partial charge in [-0.05, 0) is 37.6 Å². The molecule has 6 nitrogen and oxygen atoms in total. The van der Waals surface area contributed by atoms with Crippen molar-refractivity contribution in [2.24, 2.45) is 0 Å². The van der Waals surface area contributed by atoms with Crippen molar-refractivity contribution < 1.29 is 19.4 Å². The maximum Gasteiger partial charge on any atom is 0.358 e. The van der Waals surface area contributed by atoms with Crippen molar-refractivity contribution in [2.75, 3.05) is 6.61 Å². The van der Waals surface area contributed by atoms with Crippen LogP contribution < -0.4 is 0 Å². The molecule has 1 heterocycles. The minimum absolute atomic E-state index is 0.225. The highest BCUT2D eigenvalue weighted by atomic mass is 16.5. The van der Waals surface area contributed by atoms with Crippen molar-refractivity contribution in [1.29, 1.82) is 0 Å². The number of nitrogens with zero attached hydrogens (tertiary/aromatic N) is 2. The maximum atomic E-state index is 11.6. The molecule has 1 aromatic heterocycles. The lowest BCUT2D eigenvalue weighted by molar-refractivity contribution is 0.0518. The molecule has 0 aliphatic rings. The molecular formula is C15H16N2O4. The summed E-state index contributed by atoms with van der Waals surface area (Å²) >= 11 is 0. The van der Waals surface area contributed by atoms with E-state index < -0.39 is 11.9 Å². The summed E-state index contributed by atoms with van der Waals surface area (Å²) in [4.78, 5) is 22.6. The highest BCUT2D eigenvalue weighted by molar-refractivity contribution is 5.88. The number of carboxylic acid groups (broad SMARTS) is 1. The number of ether oxygens (including phenoxy) is 1. The summed E-state index contributed by atoms with van der Waals surface area (Å²) in [6.07, 6.45) is 0. The monoisotopic (exact) mass is 288 g/mol. The average Bonchev–Trinajstić information content (AvgIpc) is 2.81. The lowest BCUT2D eigenvalue weighted by atomic mass is 10.1. The molecule has 1 aromatic carbocycles. The molecule has 0 bridgehead atoms. The van der Waals surface area contributed by atoms with Crippen LogP contribution in [-0.2, 0) is 11.3 Å². The number of aromatic carboxylic acids is 1. The van der Waals surface area contributed by atoms with Gasteiger partial charge >= 0.3 is 11.9 Å². The van der Waals surface area contributed by atoms with E-state index in [9.17, 15) is 9.59 Å². The Hall–Kier alpha value is -2.63. The minimum Gasteiger partial charge on any atom is -0.478 e. The van der Waals surface area contributed by atoms with E-state index in [2.05, 4.69) is 5.10 Å². The van der Waals surface area contributed by atoms with E-state index >= 15 is 0 Å². The Balaban J connectivity index is 2.22. The predicted octanol–water partition coefficient (Wildman–Crippen LogP) is 2.11. The largest absolute Gasteiger partial charge is 0.478 e. The van der Waals surface area contributed by atoms with Gasteiger partial charge in [0.05, 0.1) is 18.7 Å². The van der Waals surface area contributed by atoms with Gasteiger partial charge in [0.25, 0.3) is 0 Å². The van der Waals surface area contributed by atoms with Crippen LogP contribution in [0.15, 0.2) is 30.3 Å². The zero-order valence-electron chi connectivity index (χ0n) is 11.9. The summed E-state index contributed by atoms with van der Waals surface area (Å²) in [5, 5.41) is 13.2. The van der Waals surface area contributed by atoms with Gasteiger partial charge in [-0.15, -0.1) is 0 Å². The second-order valence-electron chi connectivity index (χ2n) is 4.55. The van der Waals surface area contributed by atoms with Crippen LogP contribution in [0.2, 0.25) is 0 Å². The van der Waals surface area contributed by atoms with Gasteiger partial charge < -0.3 is 9.84 Å². The first-order valence-electron chi connectivity index (χ1n) is 6.55. The highest BCUT2D eigenvalue weighted by Crippen LogP contribution is 2.11. The van der Waals surface area contributed by atoms with Gasteiger partial charge in [0.1, 0.15) is 0 Å². The zero-order chi connectivity index (χ0) is 15.4. The van der Waals surface area contributed by atoms with Gasteiger partial charge in [-0.25, -0.2) is 9.59 Å². The Morgan fingerprint density at radius 3 is 2.76 bits per heavy atom. The summed E-state index contributed by atoms with van der Waals surface area (Å²) in [5.41, 5.74) is 2.09. The fraction of sp³-hybridized carbons (Fsp3) is 0.267. The second-order valence-corrected chi connectivity index (χ2v) is 4.55. The van der Waals surface area contributed by atoms with Crippen LogP contribution in [0.5, 0.6) is 0 Å². The molecule has 0 aliphatic carbocycles. The molecule has 21 heavy (non-hydrogen) atoms. The standard InChI is InChI=1S/C15H16N2O4/c1-3-21-15(20)13-7-10(2)17(16-13)9-11-5-4-6-12(8-11)14(18)19/h4-8H,3,9H2,1-2H3,(H,18,19). The van der Waals surface area contributed by atoms with Gasteiger partial charge in [-0.1, -0.05) is 12.1 Å². The fourth-order valence-electron chi connectivity index (χ4n) is 1.95. The molecule has 0 fully saturated rings. The van der Waals surface area contributed by atoms with Crippen molar-refractivity contribution in [3.8, 4) is 0 Å². The van der Waals surface area contributed by atoms with E-state index in [4.69, 9.17) is 9.84 Å². The van der Waals surface area contributed by atoms with Crippen molar-refractivity contribution in [2.45, 2.75) is 20.4 Å². The Kier molecular flexibility index (Phi) is 4.37. The molecule has 0 aliphatic heterocycles. The number of rotatable bonds is 5. The molecule has 1 N–H and O–H groups in total. The summed E-state index contributed by atoms with van der Waals surface area (Å²) < 4.78 is 6.55. The molecule has 2 aromatic rings. The number of hydrogen-bond donors (Lipinski definition) is 1. The van der Waals surface area contributed by atoms with Gasteiger partial charge in [0, 0.05) is 5.69 Å². The first kappa shape index (κ1) is 14.8. The number of carbonyl (C=O) groups is 2. The van der Waals surface area contributed by atoms with E-state index in [1.165, 1.54) is 6.07 Å². The van der Waals surface area contributed by atoms with Gasteiger partial charge in [0.15, 0.2) is 5.69 Å². The molecule has 0 unspecified atom stereocenters. The Labute approximate surface area is 122 Å². The number of hydrogen-bond acceptors (Lipinski definition) is 4. The first-order chi connectivity index (χ1) is 10.0. The molecule has 6 heteroatoms. The van der Waals surface area contributed by atoms with Crippen LogP contribution in [0, 0.1) is 6.92 Å². The van der Waals surface area contributed by atoms with E-state index in [-0.39, 0.29) is 11.3 Å². The van der Waals surface area contributed by atoms with Crippen molar-refractivity contribution in [3.05, 3.63) is 52.8 Å². The first-order valence-corrected chi connectivity index (χ1v) is 6.55. The van der Waals surface area contributed by atoms with Crippen LogP contribution in [0.25, 0.3) is 0 Å². The van der Waals surface area contributed by atoms with Gasteiger partial charge in [-0.3, -0.25) is 4.68 Å². The second kappa shape index (κ2) is 6.21. The van der Waals surface area contributed by atoms with E-state index in [1.54, 1.807) is 29.8 Å². The van der Waals surface area contributed by atoms with Crippen LogP contribution in [0.4, 0.5) is 0 Å². The van der Waals surface area contributed by atoms with Crippen LogP contribution >= 0.6 is 0 Å². The molecule has 0 saturated heterocycles. The molecule has 2 rings (SSSR count). The Bertz CT molecular complexity index is 676. The number of aryl methyl sites for hydroxylation is 1. The van der Waals surface area contributed by atoms with Gasteiger partial charge in [-0.2, -0.15) is 5.10 Å². The lowest BCUT2D eigenvalue weighted by Gasteiger charge is -2.05. The van der Waals surface area contributed by atoms with Crippen molar-refractivity contribution in [1.82, 2.24) is 9.78 Å². The van der Waals surface area contributed by atoms with Crippen LogP contribution in [0.3, 0.4) is 0 Å².